The summed E-state index contributed by atoms with van der Waals surface area (Å²) in [4.78, 5) is 7.30. The summed E-state index contributed by atoms with van der Waals surface area (Å²) in [7, 11) is 0. The highest BCUT2D eigenvalue weighted by Crippen LogP contribution is 2.13. The van der Waals surface area contributed by atoms with Gasteiger partial charge in [-0.25, -0.2) is 4.98 Å². The molecule has 84 valence electrons. The van der Waals surface area contributed by atoms with E-state index in [4.69, 9.17) is 5.73 Å². The maximum absolute atomic E-state index is 5.61. The fraction of sp³-hybridized carbons (Fsp3) is 0.308. The van der Waals surface area contributed by atoms with Crippen LogP contribution in [0.5, 0.6) is 0 Å². The Bertz CT molecular complexity index is 486. The Labute approximate surface area is 95.7 Å². The van der Waals surface area contributed by atoms with Crippen LogP contribution >= 0.6 is 0 Å². The molecule has 0 bridgehead atoms. The first-order valence-electron chi connectivity index (χ1n) is 5.52. The molecule has 3 nitrogen and oxygen atoms in total. The van der Waals surface area contributed by atoms with Crippen molar-refractivity contribution in [3.63, 3.8) is 0 Å². The SMILES string of the molecule is Cc1ccccc1CCc1nc(N)[nH]c1C. The second-order valence-electron chi connectivity index (χ2n) is 4.12. The molecule has 0 aliphatic carbocycles. The molecule has 2 rings (SSSR count). The van der Waals surface area contributed by atoms with E-state index in [0.29, 0.717) is 5.95 Å². The molecule has 0 unspecified atom stereocenters. The Morgan fingerprint density at radius 1 is 1.19 bits per heavy atom. The molecule has 0 spiro atoms. The molecule has 0 aliphatic heterocycles. The Hall–Kier alpha value is -1.77. The number of aromatic nitrogens is 2. The van der Waals surface area contributed by atoms with Crippen LogP contribution in [-0.2, 0) is 12.8 Å². The van der Waals surface area contributed by atoms with Crippen molar-refractivity contribution in [2.24, 2.45) is 0 Å². The number of hydrogen-bond donors (Lipinski definition) is 2. The van der Waals surface area contributed by atoms with E-state index in [1.165, 1.54) is 11.1 Å². The zero-order valence-electron chi connectivity index (χ0n) is 9.75. The lowest BCUT2D eigenvalue weighted by Gasteiger charge is -2.04. The van der Waals surface area contributed by atoms with Gasteiger partial charge < -0.3 is 10.7 Å². The van der Waals surface area contributed by atoms with E-state index in [2.05, 4.69) is 41.2 Å². The number of H-pyrrole nitrogens is 1. The van der Waals surface area contributed by atoms with Crippen molar-refractivity contribution in [1.82, 2.24) is 9.97 Å². The van der Waals surface area contributed by atoms with Gasteiger partial charge in [0.15, 0.2) is 5.95 Å². The average Bonchev–Trinajstić information content (AvgIpc) is 2.56. The largest absolute Gasteiger partial charge is 0.369 e. The second-order valence-corrected chi connectivity index (χ2v) is 4.12. The van der Waals surface area contributed by atoms with Gasteiger partial charge in [0.2, 0.25) is 0 Å². The first-order chi connectivity index (χ1) is 7.66. The fourth-order valence-electron chi connectivity index (χ4n) is 1.91. The maximum atomic E-state index is 5.61. The molecule has 1 aromatic carbocycles. The third-order valence-corrected chi connectivity index (χ3v) is 2.90. The topological polar surface area (TPSA) is 54.7 Å². The molecule has 2 aromatic rings. The molecule has 0 aliphatic rings. The lowest BCUT2D eigenvalue weighted by Crippen LogP contribution is -1.96. The number of hydrogen-bond acceptors (Lipinski definition) is 2. The molecule has 3 N–H and O–H groups in total. The summed E-state index contributed by atoms with van der Waals surface area (Å²) in [5.74, 6) is 0.511. The standard InChI is InChI=1S/C13H17N3/c1-9-5-3-4-6-11(9)7-8-12-10(2)15-13(14)16-12/h3-6H,7-8H2,1-2H3,(H3,14,15,16). The first-order valence-corrected chi connectivity index (χ1v) is 5.52. The van der Waals surface area contributed by atoms with E-state index in [1.54, 1.807) is 0 Å². The molecule has 1 aromatic heterocycles. The quantitative estimate of drug-likeness (QED) is 0.826. The molecule has 1 heterocycles. The minimum Gasteiger partial charge on any atom is -0.369 e. The minimum absolute atomic E-state index is 0.511. The highest BCUT2D eigenvalue weighted by molar-refractivity contribution is 5.29. The number of benzene rings is 1. The van der Waals surface area contributed by atoms with E-state index in [0.717, 1.165) is 24.2 Å². The molecular weight excluding hydrogens is 198 g/mol. The van der Waals surface area contributed by atoms with Crippen molar-refractivity contribution in [2.45, 2.75) is 26.7 Å². The van der Waals surface area contributed by atoms with Crippen molar-refractivity contribution in [1.29, 1.82) is 0 Å². The Morgan fingerprint density at radius 3 is 2.56 bits per heavy atom. The van der Waals surface area contributed by atoms with Crippen LogP contribution in [0.3, 0.4) is 0 Å². The van der Waals surface area contributed by atoms with Crippen LogP contribution in [0.2, 0.25) is 0 Å². The number of imidazole rings is 1. The zero-order chi connectivity index (χ0) is 11.5. The van der Waals surface area contributed by atoms with Crippen LogP contribution in [0.1, 0.15) is 22.5 Å². The number of nitrogens with zero attached hydrogens (tertiary/aromatic N) is 1. The van der Waals surface area contributed by atoms with Crippen molar-refractivity contribution < 1.29 is 0 Å². The lowest BCUT2D eigenvalue weighted by molar-refractivity contribution is 0.907. The summed E-state index contributed by atoms with van der Waals surface area (Å²) in [6.07, 6.45) is 1.95. The number of nitrogen functional groups attached to an aromatic ring is 1. The van der Waals surface area contributed by atoms with Gasteiger partial charge in [-0.2, -0.15) is 0 Å². The molecular formula is C13H17N3. The molecule has 16 heavy (non-hydrogen) atoms. The lowest BCUT2D eigenvalue weighted by atomic mass is 10.0. The van der Waals surface area contributed by atoms with Gasteiger partial charge in [-0.1, -0.05) is 24.3 Å². The summed E-state index contributed by atoms with van der Waals surface area (Å²) in [6, 6.07) is 8.45. The van der Waals surface area contributed by atoms with Crippen molar-refractivity contribution in [3.05, 3.63) is 46.8 Å². The normalized spacial score (nSPS) is 10.6. The average molecular weight is 215 g/mol. The first kappa shape index (κ1) is 10.7. The minimum atomic E-state index is 0.511. The highest BCUT2D eigenvalue weighted by atomic mass is 15.0. The Morgan fingerprint density at radius 2 is 1.94 bits per heavy atom. The molecule has 0 atom stereocenters. The fourth-order valence-corrected chi connectivity index (χ4v) is 1.91. The molecule has 0 saturated carbocycles. The monoisotopic (exact) mass is 215 g/mol. The number of anilines is 1. The maximum Gasteiger partial charge on any atom is 0.197 e. The summed E-state index contributed by atoms with van der Waals surface area (Å²) >= 11 is 0. The number of aromatic amines is 1. The van der Waals surface area contributed by atoms with Gasteiger partial charge in [-0.15, -0.1) is 0 Å². The second kappa shape index (κ2) is 4.39. The van der Waals surface area contributed by atoms with E-state index in [-0.39, 0.29) is 0 Å². The Balaban J connectivity index is 2.08. The number of nitrogens with one attached hydrogen (secondary N) is 1. The highest BCUT2D eigenvalue weighted by Gasteiger charge is 2.05. The van der Waals surface area contributed by atoms with Crippen molar-refractivity contribution >= 4 is 5.95 Å². The smallest absolute Gasteiger partial charge is 0.197 e. The van der Waals surface area contributed by atoms with Gasteiger partial charge in [0, 0.05) is 5.69 Å². The van der Waals surface area contributed by atoms with Gasteiger partial charge in [-0.3, -0.25) is 0 Å². The molecule has 3 heteroatoms. The van der Waals surface area contributed by atoms with E-state index in [1.807, 2.05) is 6.92 Å². The number of rotatable bonds is 3. The summed E-state index contributed by atoms with van der Waals surface area (Å²) in [5, 5.41) is 0. The van der Waals surface area contributed by atoms with E-state index < -0.39 is 0 Å². The summed E-state index contributed by atoms with van der Waals surface area (Å²) in [6.45, 7) is 4.15. The van der Waals surface area contributed by atoms with Crippen LogP contribution in [0.25, 0.3) is 0 Å². The van der Waals surface area contributed by atoms with Gasteiger partial charge >= 0.3 is 0 Å². The van der Waals surface area contributed by atoms with E-state index >= 15 is 0 Å². The van der Waals surface area contributed by atoms with Gasteiger partial charge in [0.1, 0.15) is 0 Å². The Kier molecular flexibility index (Phi) is 2.95. The molecule has 0 amide bonds. The van der Waals surface area contributed by atoms with Gasteiger partial charge in [0.05, 0.1) is 5.69 Å². The van der Waals surface area contributed by atoms with Crippen LogP contribution in [0.15, 0.2) is 24.3 Å². The third kappa shape index (κ3) is 2.24. The zero-order valence-corrected chi connectivity index (χ0v) is 9.75. The van der Waals surface area contributed by atoms with Crippen LogP contribution < -0.4 is 5.73 Å². The van der Waals surface area contributed by atoms with Gasteiger partial charge in [-0.05, 0) is 37.8 Å². The van der Waals surface area contributed by atoms with Crippen molar-refractivity contribution in [3.8, 4) is 0 Å². The van der Waals surface area contributed by atoms with Crippen LogP contribution in [-0.4, -0.2) is 9.97 Å². The predicted octanol–water partition coefficient (Wildman–Crippen LogP) is 2.39. The van der Waals surface area contributed by atoms with Crippen LogP contribution in [0, 0.1) is 13.8 Å². The van der Waals surface area contributed by atoms with Crippen LogP contribution in [0.4, 0.5) is 5.95 Å². The molecule has 0 fully saturated rings. The number of aryl methyl sites for hydroxylation is 4. The number of nitrogens with two attached hydrogens (primary N) is 1. The predicted molar refractivity (Wildman–Crippen MR) is 66.3 cm³/mol. The summed E-state index contributed by atoms with van der Waals surface area (Å²) in [5.41, 5.74) is 10.5. The van der Waals surface area contributed by atoms with E-state index in [9.17, 15) is 0 Å². The van der Waals surface area contributed by atoms with Gasteiger partial charge in [0.25, 0.3) is 0 Å². The van der Waals surface area contributed by atoms with Crippen molar-refractivity contribution in [2.75, 3.05) is 5.73 Å². The third-order valence-electron chi connectivity index (χ3n) is 2.90. The molecule has 0 radical (unpaired) electrons. The molecule has 0 saturated heterocycles. The summed E-state index contributed by atoms with van der Waals surface area (Å²) < 4.78 is 0.